The number of carbonyl (C=O) groups excluding carboxylic acids is 1. The van der Waals surface area contributed by atoms with Gasteiger partial charge in [-0.3, -0.25) is 4.79 Å². The summed E-state index contributed by atoms with van der Waals surface area (Å²) in [4.78, 5) is 11.9. The highest BCUT2D eigenvalue weighted by atomic mass is 19.1. The Morgan fingerprint density at radius 2 is 2.00 bits per heavy atom. The topological polar surface area (TPSA) is 38.3 Å². The highest BCUT2D eigenvalue weighted by molar-refractivity contribution is 5.90. The minimum atomic E-state index is -0.291. The molecule has 0 saturated carbocycles. The van der Waals surface area contributed by atoms with Crippen molar-refractivity contribution >= 4 is 11.6 Å². The standard InChI is InChI=1S/C18H16FNO2/c1-2-12-22-17-9-7-16(8-10-17)20-18(21)11-6-14-4-3-5-15(19)13-14/h1,3-5,7-10,13H,6,11-12H2,(H,20,21). The first-order valence-electron chi connectivity index (χ1n) is 6.88. The Bertz CT molecular complexity index is 674. The van der Waals surface area contributed by atoms with Crippen LogP contribution in [0.4, 0.5) is 10.1 Å². The molecule has 0 unspecified atom stereocenters. The molecular formula is C18H16FNO2. The molecule has 0 fully saturated rings. The van der Waals surface area contributed by atoms with Gasteiger partial charge in [0, 0.05) is 12.1 Å². The number of hydrogen-bond donors (Lipinski definition) is 1. The maximum atomic E-state index is 13.0. The Morgan fingerprint density at radius 1 is 1.23 bits per heavy atom. The molecule has 0 aliphatic heterocycles. The molecule has 4 heteroatoms. The van der Waals surface area contributed by atoms with Crippen LogP contribution in [-0.2, 0) is 11.2 Å². The zero-order valence-corrected chi connectivity index (χ0v) is 12.0. The fourth-order valence-corrected chi connectivity index (χ4v) is 1.93. The monoisotopic (exact) mass is 297 g/mol. The van der Waals surface area contributed by atoms with Crippen LogP contribution in [0.5, 0.6) is 5.75 Å². The molecule has 0 saturated heterocycles. The van der Waals surface area contributed by atoms with E-state index in [-0.39, 0.29) is 18.3 Å². The van der Waals surface area contributed by atoms with Crippen molar-refractivity contribution in [3.8, 4) is 18.1 Å². The van der Waals surface area contributed by atoms with Crippen molar-refractivity contribution in [1.29, 1.82) is 0 Å². The van der Waals surface area contributed by atoms with Crippen molar-refractivity contribution in [2.75, 3.05) is 11.9 Å². The maximum Gasteiger partial charge on any atom is 0.224 e. The smallest absolute Gasteiger partial charge is 0.224 e. The molecule has 112 valence electrons. The van der Waals surface area contributed by atoms with E-state index in [2.05, 4.69) is 11.2 Å². The van der Waals surface area contributed by atoms with Gasteiger partial charge in [-0.05, 0) is 48.4 Å². The van der Waals surface area contributed by atoms with E-state index >= 15 is 0 Å². The lowest BCUT2D eigenvalue weighted by atomic mass is 10.1. The van der Waals surface area contributed by atoms with Crippen LogP contribution < -0.4 is 10.1 Å². The zero-order chi connectivity index (χ0) is 15.8. The predicted octanol–water partition coefficient (Wildman–Crippen LogP) is 3.41. The van der Waals surface area contributed by atoms with Crippen LogP contribution in [-0.4, -0.2) is 12.5 Å². The third-order valence-corrected chi connectivity index (χ3v) is 2.99. The van der Waals surface area contributed by atoms with E-state index < -0.39 is 0 Å². The van der Waals surface area contributed by atoms with Gasteiger partial charge in [0.15, 0.2) is 0 Å². The van der Waals surface area contributed by atoms with Crippen LogP contribution in [0.1, 0.15) is 12.0 Å². The average Bonchev–Trinajstić information content (AvgIpc) is 2.52. The Balaban J connectivity index is 1.83. The first kappa shape index (κ1) is 15.6. The van der Waals surface area contributed by atoms with Crippen molar-refractivity contribution in [2.45, 2.75) is 12.8 Å². The number of ether oxygens (including phenoxy) is 1. The van der Waals surface area contributed by atoms with E-state index in [1.54, 1.807) is 36.4 Å². The molecule has 0 spiro atoms. The number of nitrogens with one attached hydrogen (secondary N) is 1. The summed E-state index contributed by atoms with van der Waals surface area (Å²) in [6.45, 7) is 0.208. The summed E-state index contributed by atoms with van der Waals surface area (Å²) in [5.74, 6) is 2.61. The molecule has 0 atom stereocenters. The summed E-state index contributed by atoms with van der Waals surface area (Å²) in [6.07, 6.45) is 5.89. The van der Waals surface area contributed by atoms with Crippen molar-refractivity contribution in [3.05, 3.63) is 59.9 Å². The number of halogens is 1. The van der Waals surface area contributed by atoms with Crippen molar-refractivity contribution in [3.63, 3.8) is 0 Å². The van der Waals surface area contributed by atoms with Gasteiger partial charge in [0.2, 0.25) is 5.91 Å². The lowest BCUT2D eigenvalue weighted by Crippen LogP contribution is -2.12. The molecule has 1 amide bonds. The van der Waals surface area contributed by atoms with E-state index in [0.29, 0.717) is 24.3 Å². The fraction of sp³-hybridized carbons (Fsp3) is 0.167. The van der Waals surface area contributed by atoms with Crippen LogP contribution in [0.25, 0.3) is 0 Å². The highest BCUT2D eigenvalue weighted by Gasteiger charge is 2.04. The summed E-state index contributed by atoms with van der Waals surface area (Å²) >= 11 is 0. The number of carbonyl (C=O) groups is 1. The fourth-order valence-electron chi connectivity index (χ4n) is 1.93. The normalized spacial score (nSPS) is 9.82. The van der Waals surface area contributed by atoms with E-state index in [1.165, 1.54) is 12.1 Å². The molecule has 0 radical (unpaired) electrons. The average molecular weight is 297 g/mol. The van der Waals surface area contributed by atoms with Crippen LogP contribution in [0.15, 0.2) is 48.5 Å². The van der Waals surface area contributed by atoms with Crippen LogP contribution >= 0.6 is 0 Å². The molecule has 0 aromatic heterocycles. The molecular weight excluding hydrogens is 281 g/mol. The van der Waals surface area contributed by atoms with Gasteiger partial charge < -0.3 is 10.1 Å². The number of rotatable bonds is 6. The largest absolute Gasteiger partial charge is 0.481 e. The van der Waals surface area contributed by atoms with Gasteiger partial charge in [0.1, 0.15) is 18.2 Å². The molecule has 0 aliphatic rings. The van der Waals surface area contributed by atoms with Gasteiger partial charge in [0.05, 0.1) is 0 Å². The Kier molecular flexibility index (Phi) is 5.56. The Morgan fingerprint density at radius 3 is 2.68 bits per heavy atom. The van der Waals surface area contributed by atoms with Crippen molar-refractivity contribution in [2.24, 2.45) is 0 Å². The third kappa shape index (κ3) is 4.95. The van der Waals surface area contributed by atoms with Gasteiger partial charge in [-0.15, -0.1) is 6.42 Å². The zero-order valence-electron chi connectivity index (χ0n) is 12.0. The van der Waals surface area contributed by atoms with E-state index in [9.17, 15) is 9.18 Å². The van der Waals surface area contributed by atoms with Gasteiger partial charge in [0.25, 0.3) is 0 Å². The van der Waals surface area contributed by atoms with Crippen LogP contribution in [0.3, 0.4) is 0 Å². The van der Waals surface area contributed by atoms with Gasteiger partial charge in [-0.1, -0.05) is 18.1 Å². The van der Waals surface area contributed by atoms with Gasteiger partial charge >= 0.3 is 0 Å². The van der Waals surface area contributed by atoms with Gasteiger partial charge in [-0.25, -0.2) is 4.39 Å². The number of terminal acetylenes is 1. The minimum Gasteiger partial charge on any atom is -0.481 e. The summed E-state index contributed by atoms with van der Waals surface area (Å²) in [7, 11) is 0. The molecule has 0 aliphatic carbocycles. The molecule has 2 aromatic rings. The first-order valence-corrected chi connectivity index (χ1v) is 6.88. The van der Waals surface area contributed by atoms with Crippen LogP contribution in [0.2, 0.25) is 0 Å². The number of amides is 1. The second-order valence-electron chi connectivity index (χ2n) is 4.70. The highest BCUT2D eigenvalue weighted by Crippen LogP contribution is 2.16. The van der Waals surface area contributed by atoms with Crippen LogP contribution in [0, 0.1) is 18.2 Å². The quantitative estimate of drug-likeness (QED) is 0.830. The summed E-state index contributed by atoms with van der Waals surface area (Å²) in [5, 5.41) is 2.78. The lowest BCUT2D eigenvalue weighted by molar-refractivity contribution is -0.116. The summed E-state index contributed by atoms with van der Waals surface area (Å²) < 4.78 is 18.3. The van der Waals surface area contributed by atoms with E-state index in [0.717, 1.165) is 5.56 Å². The van der Waals surface area contributed by atoms with E-state index in [1.807, 2.05) is 0 Å². The Labute approximate surface area is 129 Å². The molecule has 22 heavy (non-hydrogen) atoms. The lowest BCUT2D eigenvalue weighted by Gasteiger charge is -2.07. The number of anilines is 1. The summed E-state index contributed by atoms with van der Waals surface area (Å²) in [5.41, 5.74) is 1.48. The summed E-state index contributed by atoms with van der Waals surface area (Å²) in [6, 6.07) is 13.2. The second-order valence-corrected chi connectivity index (χ2v) is 4.70. The second kappa shape index (κ2) is 7.84. The first-order chi connectivity index (χ1) is 10.7. The molecule has 1 N–H and O–H groups in total. The number of hydrogen-bond acceptors (Lipinski definition) is 2. The van der Waals surface area contributed by atoms with Crippen molar-refractivity contribution < 1.29 is 13.9 Å². The Hall–Kier alpha value is -2.80. The predicted molar refractivity (Wildman–Crippen MR) is 84.1 cm³/mol. The molecule has 2 aromatic carbocycles. The minimum absolute atomic E-state index is 0.124. The molecule has 0 bridgehead atoms. The molecule has 3 nitrogen and oxygen atoms in total. The van der Waals surface area contributed by atoms with E-state index in [4.69, 9.17) is 11.2 Å². The maximum absolute atomic E-state index is 13.0. The molecule has 0 heterocycles. The third-order valence-electron chi connectivity index (χ3n) is 2.99. The molecule has 2 rings (SSSR count). The number of aryl methyl sites for hydroxylation is 1. The van der Waals surface area contributed by atoms with Gasteiger partial charge in [-0.2, -0.15) is 0 Å². The number of benzene rings is 2. The SMILES string of the molecule is C#CCOc1ccc(NC(=O)CCc2cccc(F)c2)cc1. The van der Waals surface area contributed by atoms with Crippen molar-refractivity contribution in [1.82, 2.24) is 0 Å².